The van der Waals surface area contributed by atoms with E-state index in [0.29, 0.717) is 13.0 Å². The summed E-state index contributed by atoms with van der Waals surface area (Å²) in [5, 5.41) is 0. The largest absolute Gasteiger partial charge is 0.330 e. The summed E-state index contributed by atoms with van der Waals surface area (Å²) in [5.41, 5.74) is 6.40. The fourth-order valence-electron chi connectivity index (χ4n) is 1.60. The van der Waals surface area contributed by atoms with Crippen LogP contribution in [0.3, 0.4) is 0 Å². The molecule has 1 heterocycles. The Kier molecular flexibility index (Phi) is 5.09. The van der Waals surface area contributed by atoms with Gasteiger partial charge >= 0.3 is 0 Å². The lowest BCUT2D eigenvalue weighted by molar-refractivity contribution is -0.123. The number of pyridine rings is 1. The van der Waals surface area contributed by atoms with Crippen molar-refractivity contribution >= 4 is 21.7 Å². The lowest BCUT2D eigenvalue weighted by Crippen LogP contribution is -2.29. The average molecular weight is 285 g/mol. The summed E-state index contributed by atoms with van der Waals surface area (Å²) >= 11 is 3.31. The number of halogens is 1. The smallest absolute Gasteiger partial charge is 0.143 e. The highest BCUT2D eigenvalue weighted by molar-refractivity contribution is 9.10. The van der Waals surface area contributed by atoms with Gasteiger partial charge in [0, 0.05) is 35.2 Å². The number of Topliss-reactive ketones (excluding diaryl/α,β-unsaturated/α-hetero) is 1. The molecule has 16 heavy (non-hydrogen) atoms. The van der Waals surface area contributed by atoms with E-state index in [4.69, 9.17) is 5.73 Å². The maximum Gasteiger partial charge on any atom is 0.143 e. The third-order valence-electron chi connectivity index (χ3n) is 2.62. The molecule has 1 rings (SSSR count). The highest BCUT2D eigenvalue weighted by Gasteiger charge is 2.20. The van der Waals surface area contributed by atoms with Crippen LogP contribution in [-0.4, -0.2) is 17.3 Å². The molecule has 0 fully saturated rings. The summed E-state index contributed by atoms with van der Waals surface area (Å²) in [7, 11) is 0. The lowest BCUT2D eigenvalue weighted by Gasteiger charge is -2.16. The maximum atomic E-state index is 11.9. The molecule has 0 radical (unpaired) electrons. The van der Waals surface area contributed by atoms with Gasteiger partial charge < -0.3 is 5.73 Å². The molecule has 88 valence electrons. The van der Waals surface area contributed by atoms with Crippen molar-refractivity contribution in [2.75, 3.05) is 6.54 Å². The van der Waals surface area contributed by atoms with Crippen molar-refractivity contribution in [1.82, 2.24) is 4.98 Å². The molecule has 0 aliphatic carbocycles. The molecule has 0 saturated heterocycles. The first kappa shape index (κ1) is 13.3. The maximum absolute atomic E-state index is 11.9. The Hall–Kier alpha value is -0.740. The number of rotatable bonds is 5. The summed E-state index contributed by atoms with van der Waals surface area (Å²) in [6, 6.07) is 3.75. The van der Waals surface area contributed by atoms with E-state index in [1.165, 1.54) is 0 Å². The Labute approximate surface area is 105 Å². The van der Waals surface area contributed by atoms with Crippen molar-refractivity contribution in [2.45, 2.75) is 20.3 Å². The molecule has 1 aromatic heterocycles. The molecule has 0 aromatic carbocycles. The molecule has 1 aromatic rings. The Balaban J connectivity index is 2.66. The molecule has 0 aliphatic rings. The van der Waals surface area contributed by atoms with Gasteiger partial charge in [-0.25, -0.2) is 0 Å². The van der Waals surface area contributed by atoms with E-state index >= 15 is 0 Å². The summed E-state index contributed by atoms with van der Waals surface area (Å²) in [5.74, 6) is 0.394. The molecule has 2 N–H and O–H groups in total. The van der Waals surface area contributed by atoms with Gasteiger partial charge in [0.15, 0.2) is 0 Å². The molecule has 0 amide bonds. The second-order valence-corrected chi connectivity index (χ2v) is 5.11. The van der Waals surface area contributed by atoms with Crippen LogP contribution >= 0.6 is 15.9 Å². The molecule has 0 spiro atoms. The molecule has 0 saturated carbocycles. The van der Waals surface area contributed by atoms with Crippen LogP contribution in [0.4, 0.5) is 0 Å². The Bertz CT molecular complexity index is 349. The minimum atomic E-state index is -0.0644. The number of nitrogens with two attached hydrogens (primary N) is 1. The highest BCUT2D eigenvalue weighted by Crippen LogP contribution is 2.14. The quantitative estimate of drug-likeness (QED) is 0.902. The number of aromatic nitrogens is 1. The Morgan fingerprint density at radius 2 is 2.19 bits per heavy atom. The minimum absolute atomic E-state index is 0.0644. The van der Waals surface area contributed by atoms with Crippen molar-refractivity contribution in [2.24, 2.45) is 17.6 Å². The first-order valence-corrected chi connectivity index (χ1v) is 6.17. The van der Waals surface area contributed by atoms with Gasteiger partial charge in [-0.2, -0.15) is 0 Å². The SMILES string of the molecule is CC(C)C(CN)C(=O)Cc1ccc(Br)cn1. The molecular weight excluding hydrogens is 268 g/mol. The second kappa shape index (κ2) is 6.11. The molecule has 0 bridgehead atoms. The van der Waals surface area contributed by atoms with Gasteiger partial charge in [-0.15, -0.1) is 0 Å². The van der Waals surface area contributed by atoms with Crippen LogP contribution in [0.1, 0.15) is 19.5 Å². The standard InChI is InChI=1S/C12H17BrN2O/c1-8(2)11(6-14)12(16)5-10-4-3-9(13)7-15-10/h3-4,7-8,11H,5-6,14H2,1-2H3. The summed E-state index contributed by atoms with van der Waals surface area (Å²) in [6.45, 7) is 4.45. The molecule has 0 aliphatic heterocycles. The number of ketones is 1. The number of carbonyl (C=O) groups excluding carboxylic acids is 1. The molecule has 1 unspecified atom stereocenters. The molecule has 1 atom stereocenters. The van der Waals surface area contributed by atoms with E-state index in [0.717, 1.165) is 10.2 Å². The van der Waals surface area contributed by atoms with E-state index in [2.05, 4.69) is 20.9 Å². The van der Waals surface area contributed by atoms with Crippen molar-refractivity contribution < 1.29 is 4.79 Å². The van der Waals surface area contributed by atoms with E-state index in [1.54, 1.807) is 6.20 Å². The van der Waals surface area contributed by atoms with E-state index in [-0.39, 0.29) is 17.6 Å². The monoisotopic (exact) mass is 284 g/mol. The molecule has 4 heteroatoms. The zero-order chi connectivity index (χ0) is 12.1. The fraction of sp³-hybridized carbons (Fsp3) is 0.500. The van der Waals surface area contributed by atoms with Crippen LogP contribution in [0.5, 0.6) is 0 Å². The van der Waals surface area contributed by atoms with Gasteiger partial charge in [-0.3, -0.25) is 9.78 Å². The van der Waals surface area contributed by atoms with Gasteiger partial charge in [-0.1, -0.05) is 13.8 Å². The van der Waals surface area contributed by atoms with Gasteiger partial charge in [-0.05, 0) is 34.0 Å². The first-order chi connectivity index (χ1) is 7.54. The van der Waals surface area contributed by atoms with Crippen molar-refractivity contribution in [1.29, 1.82) is 0 Å². The van der Waals surface area contributed by atoms with Crippen LogP contribution < -0.4 is 5.73 Å². The number of carbonyl (C=O) groups is 1. The van der Waals surface area contributed by atoms with Crippen molar-refractivity contribution in [3.05, 3.63) is 28.5 Å². The molecule has 3 nitrogen and oxygen atoms in total. The van der Waals surface area contributed by atoms with Gasteiger partial charge in [0.05, 0.1) is 0 Å². The van der Waals surface area contributed by atoms with Crippen molar-refractivity contribution in [3.63, 3.8) is 0 Å². The zero-order valence-electron chi connectivity index (χ0n) is 9.61. The van der Waals surface area contributed by atoms with Crippen LogP contribution in [0, 0.1) is 11.8 Å². The minimum Gasteiger partial charge on any atom is -0.330 e. The predicted octanol–water partition coefficient (Wildman–Crippen LogP) is 2.19. The zero-order valence-corrected chi connectivity index (χ0v) is 11.2. The average Bonchev–Trinajstić information content (AvgIpc) is 2.22. The van der Waals surface area contributed by atoms with Crippen LogP contribution in [0.15, 0.2) is 22.8 Å². The van der Waals surface area contributed by atoms with Gasteiger partial charge in [0.2, 0.25) is 0 Å². The molecular formula is C12H17BrN2O. The lowest BCUT2D eigenvalue weighted by atomic mass is 9.89. The highest BCUT2D eigenvalue weighted by atomic mass is 79.9. The third-order valence-corrected chi connectivity index (χ3v) is 3.09. The summed E-state index contributed by atoms with van der Waals surface area (Å²) in [6.07, 6.45) is 2.07. The number of nitrogens with zero attached hydrogens (tertiary/aromatic N) is 1. The third kappa shape index (κ3) is 3.68. The topological polar surface area (TPSA) is 56.0 Å². The fourth-order valence-corrected chi connectivity index (χ4v) is 1.83. The number of hydrogen-bond acceptors (Lipinski definition) is 3. The van der Waals surface area contributed by atoms with Crippen LogP contribution in [-0.2, 0) is 11.2 Å². The van der Waals surface area contributed by atoms with E-state index in [1.807, 2.05) is 26.0 Å². The first-order valence-electron chi connectivity index (χ1n) is 5.37. The van der Waals surface area contributed by atoms with Gasteiger partial charge in [0.1, 0.15) is 5.78 Å². The van der Waals surface area contributed by atoms with Crippen molar-refractivity contribution in [3.8, 4) is 0 Å². The normalized spacial score (nSPS) is 12.8. The Morgan fingerprint density at radius 3 is 2.62 bits per heavy atom. The van der Waals surface area contributed by atoms with Gasteiger partial charge in [0.25, 0.3) is 0 Å². The Morgan fingerprint density at radius 1 is 1.50 bits per heavy atom. The van der Waals surface area contributed by atoms with E-state index in [9.17, 15) is 4.79 Å². The summed E-state index contributed by atoms with van der Waals surface area (Å²) < 4.78 is 0.919. The van der Waals surface area contributed by atoms with Crippen LogP contribution in [0.25, 0.3) is 0 Å². The van der Waals surface area contributed by atoms with Crippen LogP contribution in [0.2, 0.25) is 0 Å². The second-order valence-electron chi connectivity index (χ2n) is 4.20. The van der Waals surface area contributed by atoms with E-state index < -0.39 is 0 Å². The number of hydrogen-bond donors (Lipinski definition) is 1. The summed E-state index contributed by atoms with van der Waals surface area (Å²) in [4.78, 5) is 16.1. The predicted molar refractivity (Wildman–Crippen MR) is 68.0 cm³/mol.